The van der Waals surface area contributed by atoms with Crippen molar-refractivity contribution in [2.24, 2.45) is 10.2 Å². The predicted octanol–water partition coefficient (Wildman–Crippen LogP) is 3.18. The first-order chi connectivity index (χ1) is 9.42. The second-order valence-electron chi connectivity index (χ2n) is 4.14. The number of nitrogens with one attached hydrogen (secondary N) is 1. The fraction of sp³-hybridized carbons (Fsp3) is 0.0769. The molecule has 0 spiro atoms. The molecule has 0 radical (unpaired) electrons. The molecule has 0 heterocycles. The van der Waals surface area contributed by atoms with Crippen LogP contribution in [0.2, 0.25) is 0 Å². The summed E-state index contributed by atoms with van der Waals surface area (Å²) in [6, 6.07) is 12.8. The van der Waals surface area contributed by atoms with Crippen LogP contribution in [0.25, 0.3) is 0 Å². The molecule has 0 amide bonds. The Kier molecular flexibility index (Phi) is 3.99. The summed E-state index contributed by atoms with van der Waals surface area (Å²) in [5.74, 6) is 0.167. The number of hydrogen-bond acceptors (Lipinski definition) is 5. The highest BCUT2D eigenvalue weighted by Gasteiger charge is 2.01. The Morgan fingerprint density at radius 3 is 1.80 bits per heavy atom. The van der Waals surface area contributed by atoms with Gasteiger partial charge in [0.1, 0.15) is 5.75 Å². The molecule has 20 heavy (non-hydrogen) atoms. The van der Waals surface area contributed by atoms with Gasteiger partial charge in [-0.3, -0.25) is 4.72 Å². The third-order valence-corrected chi connectivity index (χ3v) is 2.91. The third-order valence-electron chi connectivity index (χ3n) is 2.30. The van der Waals surface area contributed by atoms with E-state index in [1.165, 1.54) is 12.1 Å². The van der Waals surface area contributed by atoms with Crippen LogP contribution in [0.3, 0.4) is 0 Å². The highest BCUT2D eigenvalue weighted by molar-refractivity contribution is 7.92. The quantitative estimate of drug-likeness (QED) is 0.847. The molecule has 104 valence electrons. The monoisotopic (exact) mass is 291 g/mol. The van der Waals surface area contributed by atoms with Gasteiger partial charge in [0, 0.05) is 5.69 Å². The van der Waals surface area contributed by atoms with Crippen molar-refractivity contribution < 1.29 is 13.5 Å². The average molecular weight is 291 g/mol. The molecule has 6 nitrogen and oxygen atoms in total. The summed E-state index contributed by atoms with van der Waals surface area (Å²) in [4.78, 5) is 0. The van der Waals surface area contributed by atoms with E-state index in [4.69, 9.17) is 5.11 Å². The molecule has 0 saturated heterocycles. The Bertz CT molecular complexity index is 708. The summed E-state index contributed by atoms with van der Waals surface area (Å²) in [5, 5.41) is 17.1. The number of nitrogens with zero attached hydrogens (tertiary/aromatic N) is 2. The Morgan fingerprint density at radius 2 is 1.35 bits per heavy atom. The number of sulfonamides is 1. The Hall–Kier alpha value is -2.41. The van der Waals surface area contributed by atoms with Crippen LogP contribution in [0.5, 0.6) is 5.75 Å². The van der Waals surface area contributed by atoms with E-state index in [0.29, 0.717) is 17.1 Å². The molecule has 0 aliphatic heterocycles. The largest absolute Gasteiger partial charge is 0.508 e. The SMILES string of the molecule is CS(=O)(=O)Nc1ccc(N=Nc2ccc(O)cc2)cc1. The third kappa shape index (κ3) is 4.36. The lowest BCUT2D eigenvalue weighted by Gasteiger charge is -2.02. The number of azo groups is 1. The van der Waals surface area contributed by atoms with Crippen LogP contribution in [0, 0.1) is 0 Å². The van der Waals surface area contributed by atoms with Gasteiger partial charge < -0.3 is 5.11 Å². The first-order valence-corrected chi connectivity index (χ1v) is 7.60. The lowest BCUT2D eigenvalue weighted by Crippen LogP contribution is -2.09. The van der Waals surface area contributed by atoms with Gasteiger partial charge in [0.05, 0.1) is 17.6 Å². The van der Waals surface area contributed by atoms with E-state index >= 15 is 0 Å². The van der Waals surface area contributed by atoms with Gasteiger partial charge in [-0.2, -0.15) is 10.2 Å². The molecular weight excluding hydrogens is 278 g/mol. The fourth-order valence-corrected chi connectivity index (χ4v) is 2.01. The fourth-order valence-electron chi connectivity index (χ4n) is 1.44. The van der Waals surface area contributed by atoms with E-state index in [-0.39, 0.29) is 5.75 Å². The Morgan fingerprint density at radius 1 is 0.900 bits per heavy atom. The van der Waals surface area contributed by atoms with Crippen molar-refractivity contribution in [3.63, 3.8) is 0 Å². The number of benzene rings is 2. The highest BCUT2D eigenvalue weighted by Crippen LogP contribution is 2.22. The number of phenolic OH excluding ortho intramolecular Hbond substituents is 1. The molecule has 0 atom stereocenters. The summed E-state index contributed by atoms with van der Waals surface area (Å²) in [6.07, 6.45) is 1.09. The molecule has 2 aromatic rings. The van der Waals surface area contributed by atoms with Crippen molar-refractivity contribution in [3.8, 4) is 5.75 Å². The average Bonchev–Trinajstić information content (AvgIpc) is 2.38. The molecule has 0 saturated carbocycles. The van der Waals surface area contributed by atoms with Crippen molar-refractivity contribution in [1.82, 2.24) is 0 Å². The second kappa shape index (κ2) is 5.70. The van der Waals surface area contributed by atoms with E-state index in [9.17, 15) is 8.42 Å². The standard InChI is InChI=1S/C13H13N3O3S/c1-20(18,19)16-12-4-2-10(3-5-12)14-15-11-6-8-13(17)9-7-11/h2-9,16-17H,1H3. The maximum absolute atomic E-state index is 11.1. The van der Waals surface area contributed by atoms with Crippen LogP contribution >= 0.6 is 0 Å². The smallest absolute Gasteiger partial charge is 0.229 e. The van der Waals surface area contributed by atoms with Crippen LogP contribution in [0.1, 0.15) is 0 Å². The van der Waals surface area contributed by atoms with Gasteiger partial charge in [-0.05, 0) is 48.5 Å². The highest BCUT2D eigenvalue weighted by atomic mass is 32.2. The summed E-state index contributed by atoms with van der Waals surface area (Å²) < 4.78 is 24.5. The Balaban J connectivity index is 2.09. The molecule has 0 fully saturated rings. The van der Waals surface area contributed by atoms with E-state index in [1.54, 1.807) is 36.4 Å². The van der Waals surface area contributed by atoms with Crippen LogP contribution in [-0.2, 0) is 10.0 Å². The van der Waals surface area contributed by atoms with E-state index in [2.05, 4.69) is 15.0 Å². The second-order valence-corrected chi connectivity index (χ2v) is 5.89. The number of hydrogen-bond donors (Lipinski definition) is 2. The zero-order valence-electron chi connectivity index (χ0n) is 10.7. The minimum absolute atomic E-state index is 0.167. The van der Waals surface area contributed by atoms with E-state index in [1.807, 2.05) is 0 Å². The molecule has 2 rings (SSSR count). The van der Waals surface area contributed by atoms with Crippen molar-refractivity contribution in [3.05, 3.63) is 48.5 Å². The molecule has 7 heteroatoms. The maximum Gasteiger partial charge on any atom is 0.229 e. The van der Waals surface area contributed by atoms with Gasteiger partial charge in [-0.25, -0.2) is 8.42 Å². The Labute approximate surface area is 116 Å². The number of aromatic hydroxyl groups is 1. The molecule has 0 aromatic heterocycles. The van der Waals surface area contributed by atoms with Crippen molar-refractivity contribution in [2.75, 3.05) is 11.0 Å². The van der Waals surface area contributed by atoms with Crippen molar-refractivity contribution in [2.45, 2.75) is 0 Å². The lowest BCUT2D eigenvalue weighted by molar-refractivity contribution is 0.475. The lowest BCUT2D eigenvalue weighted by atomic mass is 10.3. The number of rotatable bonds is 4. The minimum atomic E-state index is -3.28. The van der Waals surface area contributed by atoms with Crippen LogP contribution in [-0.4, -0.2) is 19.8 Å². The van der Waals surface area contributed by atoms with Gasteiger partial charge in [-0.1, -0.05) is 0 Å². The van der Waals surface area contributed by atoms with Crippen LogP contribution in [0.4, 0.5) is 17.1 Å². The topological polar surface area (TPSA) is 91.1 Å². The molecule has 2 N–H and O–H groups in total. The first-order valence-electron chi connectivity index (χ1n) is 5.71. The molecular formula is C13H13N3O3S. The summed E-state index contributed by atoms with van der Waals surface area (Å²) in [5.41, 5.74) is 1.68. The minimum Gasteiger partial charge on any atom is -0.508 e. The molecule has 0 unspecified atom stereocenters. The van der Waals surface area contributed by atoms with Gasteiger partial charge in [0.25, 0.3) is 0 Å². The van der Waals surface area contributed by atoms with Gasteiger partial charge in [-0.15, -0.1) is 0 Å². The predicted molar refractivity (Wildman–Crippen MR) is 77.2 cm³/mol. The molecule has 0 aliphatic carbocycles. The van der Waals surface area contributed by atoms with Crippen molar-refractivity contribution in [1.29, 1.82) is 0 Å². The zero-order valence-corrected chi connectivity index (χ0v) is 11.5. The first kappa shape index (κ1) is 14.0. The van der Waals surface area contributed by atoms with E-state index in [0.717, 1.165) is 6.26 Å². The number of phenols is 1. The van der Waals surface area contributed by atoms with Gasteiger partial charge in [0.2, 0.25) is 10.0 Å². The molecule has 2 aromatic carbocycles. The van der Waals surface area contributed by atoms with E-state index < -0.39 is 10.0 Å². The summed E-state index contributed by atoms with van der Waals surface area (Å²) in [7, 11) is -3.28. The van der Waals surface area contributed by atoms with Crippen LogP contribution < -0.4 is 4.72 Å². The maximum atomic E-state index is 11.1. The molecule has 0 aliphatic rings. The van der Waals surface area contributed by atoms with Gasteiger partial charge in [0.15, 0.2) is 0 Å². The van der Waals surface area contributed by atoms with Crippen LogP contribution in [0.15, 0.2) is 58.8 Å². The zero-order chi connectivity index (χ0) is 14.6. The normalized spacial score (nSPS) is 11.7. The van der Waals surface area contributed by atoms with Crippen molar-refractivity contribution >= 4 is 27.1 Å². The number of anilines is 1. The summed E-state index contributed by atoms with van der Waals surface area (Å²) >= 11 is 0. The molecule has 0 bridgehead atoms. The van der Waals surface area contributed by atoms with Gasteiger partial charge >= 0.3 is 0 Å². The summed E-state index contributed by atoms with van der Waals surface area (Å²) in [6.45, 7) is 0.